The van der Waals surface area contributed by atoms with E-state index in [2.05, 4.69) is 24.0 Å². The number of thiazole rings is 1. The van der Waals surface area contributed by atoms with Gasteiger partial charge in [-0.1, -0.05) is 6.07 Å². The molecule has 0 saturated carbocycles. The molecule has 26 heavy (non-hydrogen) atoms. The van der Waals surface area contributed by atoms with Crippen LogP contribution in [0.4, 0.5) is 5.13 Å². The number of nitrogens with two attached hydrogens (primary N) is 1. The van der Waals surface area contributed by atoms with Crippen molar-refractivity contribution >= 4 is 51.0 Å². The van der Waals surface area contributed by atoms with Crippen LogP contribution in [0.1, 0.15) is 26.4 Å². The van der Waals surface area contributed by atoms with Gasteiger partial charge in [0, 0.05) is 17.1 Å². The second-order valence-electron chi connectivity index (χ2n) is 5.55. The lowest BCUT2D eigenvalue weighted by atomic mass is 10.1. The quantitative estimate of drug-likeness (QED) is 0.499. The number of nitrogens with zero attached hydrogens (tertiary/aromatic N) is 3. The number of benzene rings is 1. The highest BCUT2D eigenvalue weighted by Gasteiger charge is 2.18. The Morgan fingerprint density at radius 2 is 2.12 bits per heavy atom. The van der Waals surface area contributed by atoms with Gasteiger partial charge in [-0.05, 0) is 24.6 Å². The van der Waals surface area contributed by atoms with E-state index in [9.17, 15) is 9.59 Å². The molecule has 10 heteroatoms. The van der Waals surface area contributed by atoms with Crippen LogP contribution in [0.2, 0.25) is 0 Å². The van der Waals surface area contributed by atoms with Gasteiger partial charge in [0.15, 0.2) is 5.13 Å². The van der Waals surface area contributed by atoms with E-state index in [0.717, 1.165) is 22.9 Å². The Bertz CT molecular complexity index is 1140. The molecule has 0 spiro atoms. The predicted molar refractivity (Wildman–Crippen MR) is 101 cm³/mol. The van der Waals surface area contributed by atoms with Crippen molar-refractivity contribution < 1.29 is 9.59 Å². The van der Waals surface area contributed by atoms with E-state index >= 15 is 0 Å². The SMILES string of the molecule is Cc1ccc2nsnc2c1C(=O)Nc1nc(-c2c[nH]c(C(N)=O)c2)cs1. The predicted octanol–water partition coefficient (Wildman–Crippen LogP) is 2.80. The highest BCUT2D eigenvalue weighted by Crippen LogP contribution is 2.27. The fourth-order valence-electron chi connectivity index (χ4n) is 2.55. The molecule has 4 N–H and O–H groups in total. The lowest BCUT2D eigenvalue weighted by Gasteiger charge is -2.05. The van der Waals surface area contributed by atoms with E-state index in [0.29, 0.717) is 33.1 Å². The number of H-pyrrole nitrogens is 1. The number of carbonyl (C=O) groups is 2. The van der Waals surface area contributed by atoms with Crippen LogP contribution in [0.15, 0.2) is 29.8 Å². The molecule has 3 heterocycles. The summed E-state index contributed by atoms with van der Waals surface area (Å²) in [6, 6.07) is 5.31. The van der Waals surface area contributed by atoms with Crippen LogP contribution >= 0.6 is 23.1 Å². The summed E-state index contributed by atoms with van der Waals surface area (Å²) in [6.45, 7) is 1.85. The number of aromatic amines is 1. The van der Waals surface area contributed by atoms with E-state index in [1.165, 1.54) is 11.3 Å². The fourth-order valence-corrected chi connectivity index (χ4v) is 3.80. The minimum atomic E-state index is -0.541. The first-order chi connectivity index (χ1) is 12.5. The number of fused-ring (bicyclic) bond motifs is 1. The molecule has 1 aromatic carbocycles. The fraction of sp³-hybridized carbons (Fsp3) is 0.0625. The summed E-state index contributed by atoms with van der Waals surface area (Å²) in [7, 11) is 0. The summed E-state index contributed by atoms with van der Waals surface area (Å²) in [5.41, 5.74) is 9.48. The Kier molecular flexibility index (Phi) is 3.98. The van der Waals surface area contributed by atoms with Crippen molar-refractivity contribution in [3.63, 3.8) is 0 Å². The highest BCUT2D eigenvalue weighted by molar-refractivity contribution is 7.14. The molecule has 4 aromatic rings. The van der Waals surface area contributed by atoms with Crippen molar-refractivity contribution in [3.8, 4) is 11.3 Å². The summed E-state index contributed by atoms with van der Waals surface area (Å²) in [4.78, 5) is 31.1. The zero-order valence-corrected chi connectivity index (χ0v) is 15.1. The molecule has 0 unspecified atom stereocenters. The van der Waals surface area contributed by atoms with Gasteiger partial charge in [0.05, 0.1) is 23.0 Å². The highest BCUT2D eigenvalue weighted by atomic mass is 32.1. The van der Waals surface area contributed by atoms with Crippen LogP contribution in [-0.2, 0) is 0 Å². The number of primary amides is 1. The number of aromatic nitrogens is 4. The smallest absolute Gasteiger partial charge is 0.265 e. The maximum atomic E-state index is 12.7. The Labute approximate surface area is 155 Å². The zero-order chi connectivity index (χ0) is 18.3. The van der Waals surface area contributed by atoms with Gasteiger partial charge in [0.2, 0.25) is 0 Å². The average Bonchev–Trinajstić information content (AvgIpc) is 3.34. The van der Waals surface area contributed by atoms with Gasteiger partial charge in [-0.25, -0.2) is 4.98 Å². The molecule has 0 aliphatic heterocycles. The van der Waals surface area contributed by atoms with Crippen molar-refractivity contribution in [2.24, 2.45) is 5.73 Å². The van der Waals surface area contributed by atoms with Gasteiger partial charge in [-0.2, -0.15) is 8.75 Å². The van der Waals surface area contributed by atoms with E-state index in [1.54, 1.807) is 17.6 Å². The largest absolute Gasteiger partial charge is 0.364 e. The molecule has 0 aliphatic carbocycles. The monoisotopic (exact) mass is 384 g/mol. The Morgan fingerprint density at radius 1 is 1.27 bits per heavy atom. The van der Waals surface area contributed by atoms with Gasteiger partial charge in [-0.3, -0.25) is 14.9 Å². The third-order valence-electron chi connectivity index (χ3n) is 3.83. The molecule has 4 rings (SSSR count). The average molecular weight is 384 g/mol. The molecule has 0 radical (unpaired) electrons. The molecular formula is C16H12N6O2S2. The van der Waals surface area contributed by atoms with Crippen molar-refractivity contribution in [1.29, 1.82) is 0 Å². The molecular weight excluding hydrogens is 372 g/mol. The molecule has 2 amide bonds. The molecule has 0 saturated heterocycles. The number of amides is 2. The standard InChI is InChI=1S/C16H12N6O2S2/c1-7-2-3-9-13(22-26-21-9)12(7)15(24)20-16-19-11(6-25-16)8-4-10(14(17)23)18-5-8/h2-6,18H,1H3,(H2,17,23)(H,19,20,24). The van der Waals surface area contributed by atoms with Crippen LogP contribution in [0.3, 0.4) is 0 Å². The van der Waals surface area contributed by atoms with Crippen molar-refractivity contribution in [2.75, 3.05) is 5.32 Å². The van der Waals surface area contributed by atoms with Gasteiger partial charge in [0.1, 0.15) is 16.7 Å². The van der Waals surface area contributed by atoms with Gasteiger partial charge >= 0.3 is 0 Å². The lowest BCUT2D eigenvalue weighted by molar-refractivity contribution is 0.0994. The maximum Gasteiger partial charge on any atom is 0.265 e. The van der Waals surface area contributed by atoms with Gasteiger partial charge < -0.3 is 10.7 Å². The molecule has 8 nitrogen and oxygen atoms in total. The summed E-state index contributed by atoms with van der Waals surface area (Å²) in [5.74, 6) is -0.825. The van der Waals surface area contributed by atoms with E-state index in [4.69, 9.17) is 5.73 Å². The van der Waals surface area contributed by atoms with E-state index in [-0.39, 0.29) is 5.91 Å². The minimum absolute atomic E-state index is 0.284. The zero-order valence-electron chi connectivity index (χ0n) is 13.4. The Morgan fingerprint density at radius 3 is 2.88 bits per heavy atom. The summed E-state index contributed by atoms with van der Waals surface area (Å²) in [6.07, 6.45) is 1.65. The van der Waals surface area contributed by atoms with Crippen LogP contribution in [-0.4, -0.2) is 30.5 Å². The Hall–Kier alpha value is -3.11. The third-order valence-corrected chi connectivity index (χ3v) is 5.13. The van der Waals surface area contributed by atoms with Crippen LogP contribution < -0.4 is 11.1 Å². The first-order valence-corrected chi connectivity index (χ1v) is 9.11. The molecule has 0 bridgehead atoms. The molecule has 0 aliphatic rings. The molecule has 130 valence electrons. The van der Waals surface area contributed by atoms with Crippen LogP contribution in [0.5, 0.6) is 0 Å². The van der Waals surface area contributed by atoms with E-state index < -0.39 is 5.91 Å². The number of hydrogen-bond acceptors (Lipinski definition) is 7. The summed E-state index contributed by atoms with van der Waals surface area (Å²) >= 11 is 2.36. The van der Waals surface area contributed by atoms with Crippen LogP contribution in [0.25, 0.3) is 22.3 Å². The molecule has 0 atom stereocenters. The minimum Gasteiger partial charge on any atom is -0.364 e. The van der Waals surface area contributed by atoms with Crippen molar-refractivity contribution in [2.45, 2.75) is 6.92 Å². The summed E-state index contributed by atoms with van der Waals surface area (Å²) in [5, 5.41) is 5.05. The Balaban J connectivity index is 1.60. The number of hydrogen-bond donors (Lipinski definition) is 3. The van der Waals surface area contributed by atoms with Gasteiger partial charge in [-0.15, -0.1) is 11.3 Å². The lowest BCUT2D eigenvalue weighted by Crippen LogP contribution is -2.14. The normalized spacial score (nSPS) is 11.0. The van der Waals surface area contributed by atoms with Crippen molar-refractivity contribution in [3.05, 3.63) is 46.6 Å². The number of carbonyl (C=O) groups excluding carboxylic acids is 2. The first kappa shape index (κ1) is 16.4. The second kappa shape index (κ2) is 6.32. The molecule has 0 fully saturated rings. The number of anilines is 1. The molecule has 3 aromatic heterocycles. The van der Waals surface area contributed by atoms with Gasteiger partial charge in [0.25, 0.3) is 11.8 Å². The van der Waals surface area contributed by atoms with Crippen molar-refractivity contribution in [1.82, 2.24) is 18.7 Å². The second-order valence-corrected chi connectivity index (χ2v) is 6.93. The third kappa shape index (κ3) is 2.85. The first-order valence-electron chi connectivity index (χ1n) is 7.50. The topological polar surface area (TPSA) is 127 Å². The maximum absolute atomic E-state index is 12.7. The van der Waals surface area contributed by atoms with Crippen LogP contribution in [0, 0.1) is 6.92 Å². The number of nitrogens with one attached hydrogen (secondary N) is 2. The van der Waals surface area contributed by atoms with E-state index in [1.807, 2.05) is 19.1 Å². The number of aryl methyl sites for hydroxylation is 1. The summed E-state index contributed by atoms with van der Waals surface area (Å²) < 4.78 is 8.39. The number of rotatable bonds is 4.